The van der Waals surface area contributed by atoms with Crippen LogP contribution in [0.3, 0.4) is 0 Å². The number of aryl methyl sites for hydroxylation is 2. The number of carbonyl (C=O) groups is 3. The van der Waals surface area contributed by atoms with Gasteiger partial charge in [-0.15, -0.1) is 0 Å². The highest BCUT2D eigenvalue weighted by Gasteiger charge is 2.34. The first-order valence-corrected chi connectivity index (χ1v) is 13.6. The summed E-state index contributed by atoms with van der Waals surface area (Å²) < 4.78 is 11.5. The van der Waals surface area contributed by atoms with Gasteiger partial charge in [-0.25, -0.2) is 4.79 Å². The van der Waals surface area contributed by atoms with Gasteiger partial charge in [-0.1, -0.05) is 42.4 Å². The molecule has 1 aliphatic heterocycles. The molecule has 0 aliphatic carbocycles. The Morgan fingerprint density at radius 1 is 1.17 bits per heavy atom. The summed E-state index contributed by atoms with van der Waals surface area (Å²) in [6.45, 7) is 7.49. The number of carbonyl (C=O) groups excluding carboxylic acids is 3. The fourth-order valence-electron chi connectivity index (χ4n) is 4.72. The molecule has 41 heavy (non-hydrogen) atoms. The lowest BCUT2D eigenvalue weighted by molar-refractivity contribution is -0.115. The number of aliphatic hydroxyl groups excluding tert-OH is 1. The molecule has 4 amide bonds. The van der Waals surface area contributed by atoms with Gasteiger partial charge in [-0.05, 0) is 44.5 Å². The minimum atomic E-state index is -0.478. The van der Waals surface area contributed by atoms with Crippen molar-refractivity contribution in [1.29, 1.82) is 0 Å². The molecule has 3 aromatic rings. The summed E-state index contributed by atoms with van der Waals surface area (Å²) in [5, 5.41) is 19.5. The number of anilines is 2. The Morgan fingerprint density at radius 2 is 1.90 bits per heavy atom. The smallest absolute Gasteiger partial charge is 0.321 e. The van der Waals surface area contributed by atoms with Crippen molar-refractivity contribution in [2.75, 3.05) is 37.4 Å². The maximum absolute atomic E-state index is 13.7. The first-order valence-electron chi connectivity index (χ1n) is 13.6. The second kappa shape index (κ2) is 12.9. The molecule has 4 rings (SSSR count). The van der Waals surface area contributed by atoms with E-state index in [1.165, 1.54) is 4.90 Å². The molecule has 2 heterocycles. The predicted octanol–water partition coefficient (Wildman–Crippen LogP) is 3.86. The average molecular weight is 564 g/mol. The standard InChI is InChI=1S/C30H37N5O6/c1-18-15-35(19(2)17-36)29(38)24-14-23(31-27(37)13-22-9-7-6-8-10-22)11-12-25(24)40-26(18)16-34(5)30(39)32-28-20(3)33-41-21(28)4/h6-12,14,18-19,26,36H,13,15-17H2,1-5H3,(H,31,37)(H,32,39)/t18-,19+,26+/m0/s1. The molecule has 11 heteroatoms. The highest BCUT2D eigenvalue weighted by molar-refractivity contribution is 6.00. The zero-order chi connectivity index (χ0) is 29.7. The summed E-state index contributed by atoms with van der Waals surface area (Å²) in [6.07, 6.45) is -0.285. The van der Waals surface area contributed by atoms with Crippen molar-refractivity contribution in [3.63, 3.8) is 0 Å². The second-order valence-electron chi connectivity index (χ2n) is 10.6. The number of amides is 4. The van der Waals surface area contributed by atoms with E-state index in [1.54, 1.807) is 50.9 Å². The molecule has 0 spiro atoms. The van der Waals surface area contributed by atoms with Gasteiger partial charge in [0, 0.05) is 25.2 Å². The van der Waals surface area contributed by atoms with Crippen molar-refractivity contribution in [3.05, 3.63) is 71.1 Å². The van der Waals surface area contributed by atoms with Crippen molar-refractivity contribution in [2.45, 2.75) is 46.3 Å². The monoisotopic (exact) mass is 563 g/mol. The molecule has 1 aliphatic rings. The van der Waals surface area contributed by atoms with E-state index in [-0.39, 0.29) is 48.9 Å². The van der Waals surface area contributed by atoms with Gasteiger partial charge in [0.2, 0.25) is 5.91 Å². The van der Waals surface area contributed by atoms with E-state index >= 15 is 0 Å². The summed E-state index contributed by atoms with van der Waals surface area (Å²) in [4.78, 5) is 42.5. The minimum absolute atomic E-state index is 0.180. The number of benzene rings is 2. The highest BCUT2D eigenvalue weighted by atomic mass is 16.5. The number of fused-ring (bicyclic) bond motifs is 1. The number of aromatic nitrogens is 1. The Morgan fingerprint density at radius 3 is 2.56 bits per heavy atom. The van der Waals surface area contributed by atoms with E-state index < -0.39 is 12.1 Å². The van der Waals surface area contributed by atoms with Crippen LogP contribution in [0.15, 0.2) is 53.1 Å². The third kappa shape index (κ3) is 7.04. The second-order valence-corrected chi connectivity index (χ2v) is 10.6. The van der Waals surface area contributed by atoms with Gasteiger partial charge in [0.1, 0.15) is 23.2 Å². The Bertz CT molecular complexity index is 1370. The summed E-state index contributed by atoms with van der Waals surface area (Å²) in [7, 11) is 1.66. The quantitative estimate of drug-likeness (QED) is 0.379. The number of ether oxygens (including phenoxy) is 1. The lowest BCUT2D eigenvalue weighted by Gasteiger charge is -2.38. The third-order valence-electron chi connectivity index (χ3n) is 7.22. The minimum Gasteiger partial charge on any atom is -0.487 e. The van der Waals surface area contributed by atoms with Crippen LogP contribution in [0.1, 0.15) is 41.2 Å². The van der Waals surface area contributed by atoms with Crippen LogP contribution in [0.2, 0.25) is 0 Å². The summed E-state index contributed by atoms with van der Waals surface area (Å²) in [5.74, 6) is 0.138. The van der Waals surface area contributed by atoms with E-state index in [0.717, 1.165) is 5.56 Å². The van der Waals surface area contributed by atoms with Crippen LogP contribution in [-0.4, -0.2) is 76.8 Å². The number of nitrogens with one attached hydrogen (secondary N) is 2. The van der Waals surface area contributed by atoms with Gasteiger partial charge < -0.3 is 34.8 Å². The molecule has 3 N–H and O–H groups in total. The molecule has 3 atom stereocenters. The van der Waals surface area contributed by atoms with Gasteiger partial charge in [0.25, 0.3) is 5.91 Å². The number of urea groups is 1. The Labute approximate surface area is 239 Å². The van der Waals surface area contributed by atoms with E-state index in [9.17, 15) is 19.5 Å². The van der Waals surface area contributed by atoms with E-state index in [4.69, 9.17) is 9.26 Å². The van der Waals surface area contributed by atoms with Crippen LogP contribution in [0.4, 0.5) is 16.2 Å². The van der Waals surface area contributed by atoms with Gasteiger partial charge >= 0.3 is 6.03 Å². The van der Waals surface area contributed by atoms with Crippen LogP contribution in [-0.2, 0) is 11.2 Å². The van der Waals surface area contributed by atoms with Crippen LogP contribution < -0.4 is 15.4 Å². The molecule has 1 aromatic heterocycles. The van der Waals surface area contributed by atoms with Gasteiger partial charge in [-0.3, -0.25) is 9.59 Å². The Hall–Kier alpha value is -4.38. The fourth-order valence-corrected chi connectivity index (χ4v) is 4.72. The topological polar surface area (TPSA) is 137 Å². The molecule has 0 saturated heterocycles. The first kappa shape index (κ1) is 29.6. The van der Waals surface area contributed by atoms with Crippen molar-refractivity contribution in [3.8, 4) is 5.75 Å². The summed E-state index contributed by atoms with van der Waals surface area (Å²) >= 11 is 0. The number of hydrogen-bond donors (Lipinski definition) is 3. The Kier molecular flexibility index (Phi) is 9.28. The molecule has 2 aromatic carbocycles. The lowest BCUT2D eigenvalue weighted by atomic mass is 9.99. The number of rotatable bonds is 8. The number of nitrogens with zero attached hydrogens (tertiary/aromatic N) is 3. The van der Waals surface area contributed by atoms with E-state index in [2.05, 4.69) is 15.8 Å². The molecule has 0 unspecified atom stereocenters. The van der Waals surface area contributed by atoms with Crippen molar-refractivity contribution < 1.29 is 28.8 Å². The maximum Gasteiger partial charge on any atom is 0.321 e. The van der Waals surface area contributed by atoms with Gasteiger partial charge in [0.15, 0.2) is 5.76 Å². The molecule has 0 bridgehead atoms. The van der Waals surface area contributed by atoms with Crippen molar-refractivity contribution >= 4 is 29.2 Å². The first-order chi connectivity index (χ1) is 19.6. The molecular formula is C30H37N5O6. The molecule has 218 valence electrons. The van der Waals surface area contributed by atoms with Crippen molar-refractivity contribution in [2.24, 2.45) is 5.92 Å². The van der Waals surface area contributed by atoms with Crippen LogP contribution in [0.5, 0.6) is 5.75 Å². The Balaban J connectivity index is 1.56. The van der Waals surface area contributed by atoms with Gasteiger partial charge in [-0.2, -0.15) is 0 Å². The highest BCUT2D eigenvalue weighted by Crippen LogP contribution is 2.31. The predicted molar refractivity (Wildman–Crippen MR) is 154 cm³/mol. The van der Waals surface area contributed by atoms with Crippen LogP contribution in [0, 0.1) is 19.8 Å². The van der Waals surface area contributed by atoms with Gasteiger partial charge in [0.05, 0.1) is 31.2 Å². The fraction of sp³-hybridized carbons (Fsp3) is 0.400. The van der Waals surface area contributed by atoms with Crippen LogP contribution in [0.25, 0.3) is 0 Å². The maximum atomic E-state index is 13.7. The van der Waals surface area contributed by atoms with Crippen molar-refractivity contribution in [1.82, 2.24) is 15.0 Å². The van der Waals surface area contributed by atoms with E-state index in [0.29, 0.717) is 35.1 Å². The SMILES string of the molecule is Cc1noc(C)c1NC(=O)N(C)C[C@H]1Oc2ccc(NC(=O)Cc3ccccc3)cc2C(=O)N([C@H](C)CO)C[C@@H]1C. The number of aliphatic hydroxyl groups is 1. The zero-order valence-electron chi connectivity index (χ0n) is 24.0. The number of hydrogen-bond acceptors (Lipinski definition) is 7. The third-order valence-corrected chi connectivity index (χ3v) is 7.22. The normalized spacial score (nSPS) is 17.5. The summed E-state index contributed by atoms with van der Waals surface area (Å²) in [6, 6.07) is 13.5. The molecule has 0 fully saturated rings. The zero-order valence-corrected chi connectivity index (χ0v) is 24.0. The molecule has 11 nitrogen and oxygen atoms in total. The molecule has 0 saturated carbocycles. The summed E-state index contributed by atoms with van der Waals surface area (Å²) in [5.41, 5.74) is 2.70. The van der Waals surface area contributed by atoms with E-state index in [1.807, 2.05) is 37.3 Å². The molecular weight excluding hydrogens is 526 g/mol. The largest absolute Gasteiger partial charge is 0.487 e. The average Bonchev–Trinajstić information content (AvgIpc) is 3.27. The number of likely N-dealkylation sites (N-methyl/N-ethyl adjacent to an activating group) is 1. The molecule has 0 radical (unpaired) electrons. The van der Waals surface area contributed by atoms with Crippen LogP contribution >= 0.6 is 0 Å². The lowest BCUT2D eigenvalue weighted by Crippen LogP contribution is -2.50.